The first kappa shape index (κ1) is 19.6. The van der Waals surface area contributed by atoms with Crippen molar-refractivity contribution in [2.45, 2.75) is 90.4 Å². The third-order valence-electron chi connectivity index (χ3n) is 7.72. The Morgan fingerprint density at radius 3 is 2.50 bits per heavy atom. The van der Waals surface area contributed by atoms with Crippen LogP contribution in [-0.2, 0) is 9.53 Å². The Labute approximate surface area is 157 Å². The molecule has 2 saturated carbocycles. The molecule has 0 aromatic rings. The number of hydrogen-bond donors (Lipinski definition) is 2. The molecule has 2 fully saturated rings. The Bertz CT molecular complexity index is 665. The molecule has 0 bridgehead atoms. The van der Waals surface area contributed by atoms with Gasteiger partial charge in [-0.1, -0.05) is 34.3 Å². The summed E-state index contributed by atoms with van der Waals surface area (Å²) < 4.78 is 5.76. The van der Waals surface area contributed by atoms with Crippen molar-refractivity contribution in [1.29, 1.82) is 0 Å². The van der Waals surface area contributed by atoms with Crippen LogP contribution in [0, 0.1) is 16.7 Å². The van der Waals surface area contributed by atoms with Gasteiger partial charge in [-0.3, -0.25) is 4.79 Å². The molecule has 2 N–H and O–H groups in total. The molecular weight excluding hydrogens is 328 g/mol. The first-order valence-electron chi connectivity index (χ1n) is 9.92. The number of ether oxygens (including phenoxy) is 1. The van der Waals surface area contributed by atoms with Gasteiger partial charge < -0.3 is 14.9 Å². The number of rotatable bonds is 2. The predicted molar refractivity (Wildman–Crippen MR) is 101 cm³/mol. The molecule has 0 aliphatic heterocycles. The zero-order chi connectivity index (χ0) is 19.5. The van der Waals surface area contributed by atoms with Crippen molar-refractivity contribution in [2.75, 3.05) is 0 Å². The van der Waals surface area contributed by atoms with Crippen LogP contribution in [-0.4, -0.2) is 33.5 Å². The lowest BCUT2D eigenvalue weighted by Crippen LogP contribution is -2.57. The number of aliphatic hydroxyl groups is 2. The van der Waals surface area contributed by atoms with Crippen molar-refractivity contribution in [2.24, 2.45) is 16.7 Å². The summed E-state index contributed by atoms with van der Waals surface area (Å²) in [5.41, 5.74) is -1.23. The van der Waals surface area contributed by atoms with Crippen molar-refractivity contribution in [3.8, 4) is 0 Å². The van der Waals surface area contributed by atoms with E-state index in [1.165, 1.54) is 6.92 Å². The molecule has 0 unspecified atom stereocenters. The summed E-state index contributed by atoms with van der Waals surface area (Å²) in [6.07, 6.45) is 5.88. The zero-order valence-corrected chi connectivity index (χ0v) is 16.9. The van der Waals surface area contributed by atoms with E-state index >= 15 is 0 Å². The molecule has 5 atom stereocenters. The lowest BCUT2D eigenvalue weighted by molar-refractivity contribution is -0.167. The molecule has 0 amide bonds. The fourth-order valence-electron chi connectivity index (χ4n) is 5.82. The van der Waals surface area contributed by atoms with Crippen molar-refractivity contribution >= 4 is 5.97 Å². The quantitative estimate of drug-likeness (QED) is 0.577. The van der Waals surface area contributed by atoms with Crippen LogP contribution in [0.4, 0.5) is 0 Å². The fourth-order valence-corrected chi connectivity index (χ4v) is 5.82. The smallest absolute Gasteiger partial charge is 0.303 e. The number of carbonyl (C=O) groups excluding carboxylic acids is 1. The average molecular weight is 363 g/mol. The van der Waals surface area contributed by atoms with Gasteiger partial charge in [0.2, 0.25) is 0 Å². The summed E-state index contributed by atoms with van der Waals surface area (Å²) >= 11 is 0. The molecule has 0 heterocycles. The van der Waals surface area contributed by atoms with E-state index in [-0.39, 0.29) is 17.3 Å². The molecule has 0 radical (unpaired) electrons. The van der Waals surface area contributed by atoms with Gasteiger partial charge >= 0.3 is 5.97 Å². The maximum absolute atomic E-state index is 11.9. The lowest BCUT2D eigenvalue weighted by Gasteiger charge is -2.53. The number of esters is 1. The summed E-state index contributed by atoms with van der Waals surface area (Å²) in [5, 5.41) is 23.4. The highest BCUT2D eigenvalue weighted by molar-refractivity contribution is 5.66. The zero-order valence-electron chi connectivity index (χ0n) is 16.9. The van der Waals surface area contributed by atoms with Crippen LogP contribution in [0.15, 0.2) is 23.8 Å². The molecular formula is C22H34O4. The predicted octanol–water partition coefficient (Wildman–Crippen LogP) is 3.91. The maximum Gasteiger partial charge on any atom is 0.303 e. The Balaban J connectivity index is 2.22. The minimum absolute atomic E-state index is 0.0549. The molecule has 26 heavy (non-hydrogen) atoms. The van der Waals surface area contributed by atoms with Crippen LogP contribution >= 0.6 is 0 Å². The second-order valence-electron chi connectivity index (χ2n) is 9.66. The Morgan fingerprint density at radius 1 is 1.27 bits per heavy atom. The van der Waals surface area contributed by atoms with Crippen molar-refractivity contribution in [1.82, 2.24) is 0 Å². The topological polar surface area (TPSA) is 66.8 Å². The van der Waals surface area contributed by atoms with Gasteiger partial charge in [-0.2, -0.15) is 0 Å². The fraction of sp³-hybridized carbons (Fsp3) is 0.773. The SMILES string of the molecule is C=C1CCC[C@@]2(C)[C@H](OC(C)=O)C=C3[C@](C)(CC[C@]3(O)C(C)C)C[C@]12O. The van der Waals surface area contributed by atoms with E-state index in [0.717, 1.165) is 36.8 Å². The van der Waals surface area contributed by atoms with Crippen LogP contribution in [0.5, 0.6) is 0 Å². The second-order valence-corrected chi connectivity index (χ2v) is 9.66. The monoisotopic (exact) mass is 362 g/mol. The number of fused-ring (bicyclic) bond motifs is 2. The van der Waals surface area contributed by atoms with E-state index in [4.69, 9.17) is 4.74 Å². The Kier molecular flexibility index (Phi) is 4.48. The van der Waals surface area contributed by atoms with Crippen molar-refractivity contribution < 1.29 is 19.7 Å². The van der Waals surface area contributed by atoms with Crippen molar-refractivity contribution in [3.63, 3.8) is 0 Å². The van der Waals surface area contributed by atoms with E-state index in [2.05, 4.69) is 13.5 Å². The van der Waals surface area contributed by atoms with E-state index < -0.39 is 22.7 Å². The third kappa shape index (κ3) is 2.52. The minimum Gasteiger partial charge on any atom is -0.458 e. The van der Waals surface area contributed by atoms with Crippen LogP contribution < -0.4 is 0 Å². The normalized spacial score (nSPS) is 45.6. The van der Waals surface area contributed by atoms with E-state index in [1.54, 1.807) is 0 Å². The molecule has 4 nitrogen and oxygen atoms in total. The lowest BCUT2D eigenvalue weighted by atomic mass is 9.56. The third-order valence-corrected chi connectivity index (χ3v) is 7.72. The molecule has 0 aromatic carbocycles. The van der Waals surface area contributed by atoms with Crippen LogP contribution in [0.1, 0.15) is 73.1 Å². The van der Waals surface area contributed by atoms with Gasteiger partial charge in [-0.05, 0) is 67.1 Å². The summed E-state index contributed by atoms with van der Waals surface area (Å²) in [6, 6.07) is 0. The van der Waals surface area contributed by atoms with Crippen LogP contribution in [0.25, 0.3) is 0 Å². The summed E-state index contributed by atoms with van der Waals surface area (Å²) in [5.74, 6) is -0.305. The molecule has 3 aliphatic carbocycles. The Morgan fingerprint density at radius 2 is 1.92 bits per heavy atom. The van der Waals surface area contributed by atoms with Gasteiger partial charge in [0.25, 0.3) is 0 Å². The maximum atomic E-state index is 11.9. The largest absolute Gasteiger partial charge is 0.458 e. The van der Waals surface area contributed by atoms with Gasteiger partial charge in [-0.15, -0.1) is 0 Å². The molecule has 0 aromatic heterocycles. The molecule has 0 saturated heterocycles. The van der Waals surface area contributed by atoms with Gasteiger partial charge in [0, 0.05) is 12.3 Å². The van der Waals surface area contributed by atoms with Gasteiger partial charge in [0.1, 0.15) is 6.10 Å². The standard InChI is InChI=1S/C22H34O4/c1-14(2)21(24)11-10-19(5)13-22(25)15(3)8-7-9-20(22,6)18(12-17(19)21)26-16(4)23/h12,14,18,24-25H,3,7-11,13H2,1-2,4-6H3/t18-,19-,20+,21+,22+/m1/s1. The van der Waals surface area contributed by atoms with E-state index in [0.29, 0.717) is 12.8 Å². The number of hydrogen-bond acceptors (Lipinski definition) is 4. The summed E-state index contributed by atoms with van der Waals surface area (Å²) in [7, 11) is 0. The molecule has 146 valence electrons. The first-order chi connectivity index (χ1) is 11.9. The molecule has 4 heteroatoms. The van der Waals surface area contributed by atoms with Gasteiger partial charge in [-0.25, -0.2) is 0 Å². The van der Waals surface area contributed by atoms with Gasteiger partial charge in [0.15, 0.2) is 0 Å². The second kappa shape index (κ2) is 5.93. The molecule has 3 aliphatic rings. The van der Waals surface area contributed by atoms with Crippen LogP contribution in [0.2, 0.25) is 0 Å². The molecule has 0 spiro atoms. The van der Waals surface area contributed by atoms with E-state index in [9.17, 15) is 15.0 Å². The highest BCUT2D eigenvalue weighted by Gasteiger charge is 2.63. The Hall–Kier alpha value is -1.13. The van der Waals surface area contributed by atoms with E-state index in [1.807, 2.05) is 26.8 Å². The first-order valence-corrected chi connectivity index (χ1v) is 9.92. The van der Waals surface area contributed by atoms with Gasteiger partial charge in [0.05, 0.1) is 11.2 Å². The summed E-state index contributed by atoms with van der Waals surface area (Å²) in [6.45, 7) is 13.8. The highest BCUT2D eigenvalue weighted by atomic mass is 16.5. The minimum atomic E-state index is -1.11. The highest BCUT2D eigenvalue weighted by Crippen LogP contribution is 2.63. The molecule has 3 rings (SSSR count). The number of carbonyl (C=O) groups is 1. The summed E-state index contributed by atoms with van der Waals surface area (Å²) in [4.78, 5) is 11.9. The average Bonchev–Trinajstić information content (AvgIpc) is 2.73. The van der Waals surface area contributed by atoms with Crippen LogP contribution in [0.3, 0.4) is 0 Å². The van der Waals surface area contributed by atoms with Crippen molar-refractivity contribution in [3.05, 3.63) is 23.8 Å².